The van der Waals surface area contributed by atoms with E-state index >= 15 is 0 Å². The minimum absolute atomic E-state index is 0.0915. The molecule has 2 aromatic carbocycles. The molecule has 0 aliphatic carbocycles. The smallest absolute Gasteiger partial charge is 0.338 e. The predicted molar refractivity (Wildman–Crippen MR) is 106 cm³/mol. The van der Waals surface area contributed by atoms with Crippen LogP contribution in [0.25, 0.3) is 0 Å². The molecular weight excluding hydrogens is 342 g/mol. The summed E-state index contributed by atoms with van der Waals surface area (Å²) in [5.74, 6) is -0.0145. The molecule has 2 aromatic rings. The predicted octanol–water partition coefficient (Wildman–Crippen LogP) is 4.49. The summed E-state index contributed by atoms with van der Waals surface area (Å²) in [7, 11) is 0. The number of amides is 1. The van der Waals surface area contributed by atoms with Gasteiger partial charge in [0.05, 0.1) is 12.2 Å². The van der Waals surface area contributed by atoms with Crippen LogP contribution in [0.3, 0.4) is 0 Å². The zero-order valence-electron chi connectivity index (χ0n) is 16.6. The van der Waals surface area contributed by atoms with Crippen LogP contribution in [-0.4, -0.2) is 25.1 Å². The van der Waals surface area contributed by atoms with Crippen LogP contribution in [0.15, 0.2) is 42.5 Å². The van der Waals surface area contributed by atoms with Gasteiger partial charge >= 0.3 is 5.97 Å². The molecule has 0 saturated heterocycles. The summed E-state index contributed by atoms with van der Waals surface area (Å²) in [6, 6.07) is 12.6. The first-order chi connectivity index (χ1) is 12.7. The third-order valence-corrected chi connectivity index (χ3v) is 3.96. The van der Waals surface area contributed by atoms with Gasteiger partial charge in [-0.3, -0.25) is 4.79 Å². The summed E-state index contributed by atoms with van der Waals surface area (Å²) in [6.45, 7) is 10.3. The fraction of sp³-hybridized carbons (Fsp3) is 0.364. The fourth-order valence-electron chi connectivity index (χ4n) is 2.63. The molecule has 0 bridgehead atoms. The fourth-order valence-corrected chi connectivity index (χ4v) is 2.63. The molecule has 27 heavy (non-hydrogen) atoms. The lowest BCUT2D eigenvalue weighted by atomic mass is 9.85. The maximum Gasteiger partial charge on any atom is 0.338 e. The lowest BCUT2D eigenvalue weighted by Gasteiger charge is -2.23. The maximum absolute atomic E-state index is 12.3. The van der Waals surface area contributed by atoms with Crippen molar-refractivity contribution in [2.75, 3.05) is 18.5 Å². The molecule has 0 saturated carbocycles. The molecule has 0 radical (unpaired) electrons. The van der Waals surface area contributed by atoms with Gasteiger partial charge in [-0.15, -0.1) is 0 Å². The summed E-state index contributed by atoms with van der Waals surface area (Å²) < 4.78 is 10.7. The lowest BCUT2D eigenvalue weighted by molar-refractivity contribution is -0.118. The topological polar surface area (TPSA) is 64.6 Å². The summed E-state index contributed by atoms with van der Waals surface area (Å²) in [5.41, 5.74) is 3.02. The number of anilines is 1. The number of ether oxygens (including phenoxy) is 2. The van der Waals surface area contributed by atoms with E-state index in [9.17, 15) is 9.59 Å². The molecule has 1 N–H and O–H groups in total. The molecule has 2 rings (SSSR count). The highest BCUT2D eigenvalue weighted by Crippen LogP contribution is 2.32. The highest BCUT2D eigenvalue weighted by atomic mass is 16.5. The van der Waals surface area contributed by atoms with Gasteiger partial charge in [-0.25, -0.2) is 4.79 Å². The molecule has 5 heteroatoms. The quantitative estimate of drug-likeness (QED) is 0.762. The van der Waals surface area contributed by atoms with Crippen LogP contribution in [0.4, 0.5) is 5.69 Å². The van der Waals surface area contributed by atoms with Gasteiger partial charge in [0, 0.05) is 5.69 Å². The van der Waals surface area contributed by atoms with Gasteiger partial charge < -0.3 is 14.8 Å². The second-order valence-electron chi connectivity index (χ2n) is 7.39. The number of hydrogen-bond donors (Lipinski definition) is 1. The second kappa shape index (κ2) is 8.71. The van der Waals surface area contributed by atoms with Crippen LogP contribution < -0.4 is 10.1 Å². The van der Waals surface area contributed by atoms with Crippen LogP contribution in [0.1, 0.15) is 49.2 Å². The molecule has 0 unspecified atom stereocenters. The number of benzene rings is 2. The normalized spacial score (nSPS) is 11.0. The Balaban J connectivity index is 2.04. The van der Waals surface area contributed by atoms with Gasteiger partial charge in [-0.1, -0.05) is 44.5 Å². The van der Waals surface area contributed by atoms with E-state index in [0.717, 1.165) is 11.1 Å². The molecule has 0 heterocycles. The molecular formula is C22H27NO4. The Labute approximate surface area is 160 Å². The third-order valence-electron chi connectivity index (χ3n) is 3.96. The van der Waals surface area contributed by atoms with Gasteiger partial charge in [-0.05, 0) is 49.1 Å². The zero-order valence-corrected chi connectivity index (χ0v) is 16.6. The van der Waals surface area contributed by atoms with E-state index in [0.29, 0.717) is 23.6 Å². The standard InChI is InChI=1S/C22H27NO4/c1-6-26-21(25)16-8-7-9-17(13-16)23-20(24)14-27-19-11-10-15(2)12-18(19)22(3,4)5/h7-13H,6,14H2,1-5H3,(H,23,24). The summed E-state index contributed by atoms with van der Waals surface area (Å²) in [6.07, 6.45) is 0. The molecule has 144 valence electrons. The lowest BCUT2D eigenvalue weighted by Crippen LogP contribution is -2.22. The van der Waals surface area contributed by atoms with Crippen molar-refractivity contribution < 1.29 is 19.1 Å². The van der Waals surface area contributed by atoms with Gasteiger partial charge in [0.1, 0.15) is 5.75 Å². The van der Waals surface area contributed by atoms with Crippen LogP contribution >= 0.6 is 0 Å². The maximum atomic E-state index is 12.3. The molecule has 0 spiro atoms. The van der Waals surface area contributed by atoms with Crippen molar-refractivity contribution >= 4 is 17.6 Å². The van der Waals surface area contributed by atoms with Crippen molar-refractivity contribution in [3.05, 3.63) is 59.2 Å². The molecule has 5 nitrogen and oxygen atoms in total. The molecule has 0 atom stereocenters. The Morgan fingerprint density at radius 1 is 1.07 bits per heavy atom. The molecule has 0 fully saturated rings. The molecule has 0 aromatic heterocycles. The molecule has 0 aliphatic rings. The average molecular weight is 369 g/mol. The SMILES string of the molecule is CCOC(=O)c1cccc(NC(=O)COc2ccc(C)cc2C(C)(C)C)c1. The first-order valence-electron chi connectivity index (χ1n) is 9.01. The first kappa shape index (κ1) is 20.5. The number of aryl methyl sites for hydroxylation is 1. The Bertz CT molecular complexity index is 821. The van der Waals surface area contributed by atoms with E-state index < -0.39 is 5.97 Å². The van der Waals surface area contributed by atoms with E-state index in [1.807, 2.05) is 19.1 Å². The number of rotatable bonds is 6. The van der Waals surface area contributed by atoms with Crippen molar-refractivity contribution in [2.45, 2.75) is 40.0 Å². The monoisotopic (exact) mass is 369 g/mol. The number of esters is 1. The van der Waals surface area contributed by atoms with E-state index in [1.54, 1.807) is 31.2 Å². The Hall–Kier alpha value is -2.82. The van der Waals surface area contributed by atoms with E-state index in [-0.39, 0.29) is 17.9 Å². The minimum atomic E-state index is -0.417. The van der Waals surface area contributed by atoms with Gasteiger partial charge in [0.2, 0.25) is 0 Å². The number of carbonyl (C=O) groups is 2. The van der Waals surface area contributed by atoms with E-state index in [1.165, 1.54) is 0 Å². The van der Waals surface area contributed by atoms with Gasteiger partial charge in [-0.2, -0.15) is 0 Å². The van der Waals surface area contributed by atoms with Gasteiger partial charge in [0.15, 0.2) is 6.61 Å². The van der Waals surface area contributed by atoms with Crippen molar-refractivity contribution in [2.24, 2.45) is 0 Å². The number of nitrogens with one attached hydrogen (secondary N) is 1. The third kappa shape index (κ3) is 5.84. The number of hydrogen-bond acceptors (Lipinski definition) is 4. The van der Waals surface area contributed by atoms with E-state index in [4.69, 9.17) is 9.47 Å². The molecule has 1 amide bonds. The van der Waals surface area contributed by atoms with Gasteiger partial charge in [0.25, 0.3) is 5.91 Å². The highest BCUT2D eigenvalue weighted by molar-refractivity contribution is 5.95. The molecule has 0 aliphatic heterocycles. The zero-order chi connectivity index (χ0) is 20.0. The van der Waals surface area contributed by atoms with Crippen molar-refractivity contribution in [3.8, 4) is 5.75 Å². The van der Waals surface area contributed by atoms with Crippen molar-refractivity contribution in [3.63, 3.8) is 0 Å². The minimum Gasteiger partial charge on any atom is -0.483 e. The Kier molecular flexibility index (Phi) is 6.61. The average Bonchev–Trinajstić information content (AvgIpc) is 2.60. The van der Waals surface area contributed by atoms with Crippen LogP contribution in [0, 0.1) is 6.92 Å². The van der Waals surface area contributed by atoms with Crippen LogP contribution in [0.2, 0.25) is 0 Å². The number of carbonyl (C=O) groups excluding carboxylic acids is 2. The van der Waals surface area contributed by atoms with Crippen molar-refractivity contribution in [1.29, 1.82) is 0 Å². The summed E-state index contributed by atoms with van der Waals surface area (Å²) in [4.78, 5) is 24.1. The summed E-state index contributed by atoms with van der Waals surface area (Å²) >= 11 is 0. The summed E-state index contributed by atoms with van der Waals surface area (Å²) in [5, 5.41) is 2.75. The second-order valence-corrected chi connectivity index (χ2v) is 7.39. The first-order valence-corrected chi connectivity index (χ1v) is 9.01. The highest BCUT2D eigenvalue weighted by Gasteiger charge is 2.19. The Morgan fingerprint density at radius 3 is 2.48 bits per heavy atom. The largest absolute Gasteiger partial charge is 0.483 e. The van der Waals surface area contributed by atoms with Crippen molar-refractivity contribution in [1.82, 2.24) is 0 Å². The Morgan fingerprint density at radius 2 is 1.81 bits per heavy atom. The van der Waals surface area contributed by atoms with E-state index in [2.05, 4.69) is 32.2 Å². The van der Waals surface area contributed by atoms with Crippen LogP contribution in [-0.2, 0) is 14.9 Å². The van der Waals surface area contributed by atoms with Crippen LogP contribution in [0.5, 0.6) is 5.75 Å².